The average molecular weight is 264 g/mol. The van der Waals surface area contributed by atoms with Crippen LogP contribution in [-0.2, 0) is 11.2 Å². The summed E-state index contributed by atoms with van der Waals surface area (Å²) in [5.74, 6) is 0.0252. The molecule has 19 heavy (non-hydrogen) atoms. The van der Waals surface area contributed by atoms with Gasteiger partial charge in [0, 0.05) is 31.5 Å². The number of aliphatic hydroxyl groups excluding tert-OH is 1. The van der Waals surface area contributed by atoms with Crippen LogP contribution in [-0.4, -0.2) is 28.6 Å². The summed E-state index contributed by atoms with van der Waals surface area (Å²) in [4.78, 5) is 16.0. The molecule has 1 heterocycles. The molecule has 0 saturated carbocycles. The molecule has 0 spiro atoms. The first-order valence-electron chi connectivity index (χ1n) is 6.72. The maximum Gasteiger partial charge on any atom is 0.220 e. The predicted octanol–water partition coefficient (Wildman–Crippen LogP) is 1.93. The molecular weight excluding hydrogens is 240 g/mol. The maximum absolute atomic E-state index is 11.9. The van der Waals surface area contributed by atoms with Crippen LogP contribution in [0.15, 0.2) is 24.5 Å². The minimum atomic E-state index is -0.0489. The molecule has 1 atom stereocenters. The van der Waals surface area contributed by atoms with Gasteiger partial charge in [0.2, 0.25) is 5.91 Å². The Labute approximate surface area is 115 Å². The topological polar surface area (TPSA) is 62.2 Å². The molecule has 0 aliphatic rings. The van der Waals surface area contributed by atoms with Gasteiger partial charge in [0.1, 0.15) is 0 Å². The lowest BCUT2D eigenvalue weighted by molar-refractivity contribution is -0.122. The van der Waals surface area contributed by atoms with Crippen LogP contribution >= 0.6 is 0 Å². The van der Waals surface area contributed by atoms with Crippen molar-refractivity contribution in [3.8, 4) is 0 Å². The highest BCUT2D eigenvalue weighted by atomic mass is 16.3. The highest BCUT2D eigenvalue weighted by molar-refractivity contribution is 5.76. The molecule has 0 fully saturated rings. The second-order valence-corrected chi connectivity index (χ2v) is 5.86. The van der Waals surface area contributed by atoms with E-state index in [-0.39, 0.29) is 24.0 Å². The number of nitrogens with one attached hydrogen (secondary N) is 1. The minimum Gasteiger partial charge on any atom is -0.396 e. The summed E-state index contributed by atoms with van der Waals surface area (Å²) in [6.07, 6.45) is 5.23. The van der Waals surface area contributed by atoms with Gasteiger partial charge >= 0.3 is 0 Å². The molecule has 0 bridgehead atoms. The smallest absolute Gasteiger partial charge is 0.220 e. The van der Waals surface area contributed by atoms with Crippen LogP contribution in [0.1, 0.15) is 39.2 Å². The number of aliphatic hydroxyl groups is 1. The van der Waals surface area contributed by atoms with Crippen molar-refractivity contribution in [2.75, 3.05) is 6.61 Å². The first-order valence-corrected chi connectivity index (χ1v) is 6.72. The molecule has 1 aromatic rings. The van der Waals surface area contributed by atoms with Crippen LogP contribution in [0.2, 0.25) is 0 Å². The number of nitrogens with zero attached hydrogens (tertiary/aromatic N) is 1. The number of carbonyl (C=O) groups excluding carboxylic acids is 1. The summed E-state index contributed by atoms with van der Waals surface area (Å²) in [6.45, 7) is 6.28. The molecule has 2 N–H and O–H groups in total. The Bertz CT molecular complexity index is 385. The number of rotatable bonds is 6. The Hall–Kier alpha value is -1.42. The lowest BCUT2D eigenvalue weighted by atomic mass is 9.85. The molecule has 0 aliphatic heterocycles. The molecule has 4 nitrogen and oxygen atoms in total. The maximum atomic E-state index is 11.9. The van der Waals surface area contributed by atoms with Crippen molar-refractivity contribution < 1.29 is 9.90 Å². The molecule has 1 unspecified atom stereocenters. The zero-order chi connectivity index (χ0) is 14.3. The summed E-state index contributed by atoms with van der Waals surface area (Å²) in [5.41, 5.74) is 1.01. The average Bonchev–Trinajstić information content (AvgIpc) is 2.36. The van der Waals surface area contributed by atoms with E-state index in [1.54, 1.807) is 12.4 Å². The highest BCUT2D eigenvalue weighted by Gasteiger charge is 2.25. The fourth-order valence-corrected chi connectivity index (χ4v) is 1.92. The lowest BCUT2D eigenvalue weighted by Gasteiger charge is -2.31. The molecule has 1 aromatic heterocycles. The fourth-order valence-electron chi connectivity index (χ4n) is 1.92. The van der Waals surface area contributed by atoms with E-state index in [4.69, 9.17) is 5.11 Å². The summed E-state index contributed by atoms with van der Waals surface area (Å²) in [5, 5.41) is 12.1. The molecular formula is C15H24N2O2. The van der Waals surface area contributed by atoms with Gasteiger partial charge < -0.3 is 10.4 Å². The number of hydrogen-bond acceptors (Lipinski definition) is 3. The Morgan fingerprint density at radius 1 is 1.47 bits per heavy atom. The molecule has 1 amide bonds. The summed E-state index contributed by atoms with van der Waals surface area (Å²) in [6, 6.07) is 3.84. The van der Waals surface area contributed by atoms with Crippen LogP contribution in [0, 0.1) is 5.41 Å². The van der Waals surface area contributed by atoms with Gasteiger partial charge in [-0.15, -0.1) is 0 Å². The fraction of sp³-hybridized carbons (Fsp3) is 0.600. The first-order chi connectivity index (χ1) is 8.93. The molecule has 1 rings (SSSR count). The minimum absolute atomic E-state index is 0.00102. The van der Waals surface area contributed by atoms with E-state index >= 15 is 0 Å². The summed E-state index contributed by atoms with van der Waals surface area (Å²) >= 11 is 0. The van der Waals surface area contributed by atoms with Gasteiger partial charge in [-0.2, -0.15) is 0 Å². The quantitative estimate of drug-likeness (QED) is 0.825. The third kappa shape index (κ3) is 5.83. The molecule has 0 radical (unpaired) electrons. The van der Waals surface area contributed by atoms with Gasteiger partial charge in [0.05, 0.1) is 0 Å². The molecule has 0 aliphatic carbocycles. The second kappa shape index (κ2) is 7.24. The predicted molar refractivity (Wildman–Crippen MR) is 75.6 cm³/mol. The third-order valence-electron chi connectivity index (χ3n) is 3.16. The number of pyridine rings is 1. The monoisotopic (exact) mass is 264 g/mol. The van der Waals surface area contributed by atoms with Crippen LogP contribution in [0.5, 0.6) is 0 Å². The first kappa shape index (κ1) is 15.6. The van der Waals surface area contributed by atoms with Gasteiger partial charge in [-0.05, 0) is 29.9 Å². The summed E-state index contributed by atoms with van der Waals surface area (Å²) < 4.78 is 0. The number of hydrogen-bond donors (Lipinski definition) is 2. The van der Waals surface area contributed by atoms with Gasteiger partial charge in [-0.1, -0.05) is 26.8 Å². The SMILES string of the molecule is CC(C)(C)C(CCO)NC(=O)CCc1cccnc1. The molecule has 106 valence electrons. The van der Waals surface area contributed by atoms with E-state index in [0.717, 1.165) is 5.56 Å². The van der Waals surface area contributed by atoms with Crippen molar-refractivity contribution in [2.45, 2.75) is 46.1 Å². The Morgan fingerprint density at radius 3 is 2.74 bits per heavy atom. The van der Waals surface area contributed by atoms with Crippen molar-refractivity contribution in [1.29, 1.82) is 0 Å². The highest BCUT2D eigenvalue weighted by Crippen LogP contribution is 2.21. The van der Waals surface area contributed by atoms with Crippen molar-refractivity contribution in [2.24, 2.45) is 5.41 Å². The number of carbonyl (C=O) groups is 1. The zero-order valence-electron chi connectivity index (χ0n) is 12.0. The van der Waals surface area contributed by atoms with Crippen molar-refractivity contribution >= 4 is 5.91 Å². The lowest BCUT2D eigenvalue weighted by Crippen LogP contribution is -2.44. The molecule has 4 heteroatoms. The van der Waals surface area contributed by atoms with E-state index < -0.39 is 0 Å². The Morgan fingerprint density at radius 2 is 2.21 bits per heavy atom. The number of aromatic nitrogens is 1. The zero-order valence-corrected chi connectivity index (χ0v) is 12.0. The van der Waals surface area contributed by atoms with E-state index in [9.17, 15) is 4.79 Å². The normalized spacial score (nSPS) is 13.1. The third-order valence-corrected chi connectivity index (χ3v) is 3.16. The number of amides is 1. The van der Waals surface area contributed by atoms with E-state index in [0.29, 0.717) is 19.3 Å². The largest absolute Gasteiger partial charge is 0.396 e. The van der Waals surface area contributed by atoms with E-state index in [2.05, 4.69) is 31.1 Å². The molecule has 0 aromatic carbocycles. The van der Waals surface area contributed by atoms with E-state index in [1.807, 2.05) is 12.1 Å². The Balaban J connectivity index is 2.45. The summed E-state index contributed by atoms with van der Waals surface area (Å²) in [7, 11) is 0. The molecule has 0 saturated heterocycles. The Kier molecular flexibility index (Phi) is 5.96. The van der Waals surface area contributed by atoms with Crippen LogP contribution in [0.4, 0.5) is 0 Å². The van der Waals surface area contributed by atoms with E-state index in [1.165, 1.54) is 0 Å². The van der Waals surface area contributed by atoms with Crippen LogP contribution in [0.25, 0.3) is 0 Å². The van der Waals surface area contributed by atoms with Gasteiger partial charge in [-0.3, -0.25) is 9.78 Å². The number of aryl methyl sites for hydroxylation is 1. The van der Waals surface area contributed by atoms with Gasteiger partial charge in [0.25, 0.3) is 0 Å². The van der Waals surface area contributed by atoms with Crippen molar-refractivity contribution in [1.82, 2.24) is 10.3 Å². The van der Waals surface area contributed by atoms with Crippen molar-refractivity contribution in [3.05, 3.63) is 30.1 Å². The van der Waals surface area contributed by atoms with Gasteiger partial charge in [-0.25, -0.2) is 0 Å². The standard InChI is InChI=1S/C15H24N2O2/c1-15(2,3)13(8-10-18)17-14(19)7-6-12-5-4-9-16-11-12/h4-5,9,11,13,18H,6-8,10H2,1-3H3,(H,17,19). The van der Waals surface area contributed by atoms with Crippen LogP contribution < -0.4 is 5.32 Å². The van der Waals surface area contributed by atoms with Gasteiger partial charge in [0.15, 0.2) is 0 Å². The van der Waals surface area contributed by atoms with Crippen molar-refractivity contribution in [3.63, 3.8) is 0 Å². The van der Waals surface area contributed by atoms with Crippen LogP contribution in [0.3, 0.4) is 0 Å². The second-order valence-electron chi connectivity index (χ2n) is 5.86.